The summed E-state index contributed by atoms with van der Waals surface area (Å²) >= 11 is 0. The molecule has 0 aliphatic rings. The Morgan fingerprint density at radius 1 is 0.889 bits per heavy atom. The first-order chi connectivity index (χ1) is 8.34. The highest BCUT2D eigenvalue weighted by molar-refractivity contribution is 5.86. The second-order valence-corrected chi connectivity index (χ2v) is 5.21. The second-order valence-electron chi connectivity index (χ2n) is 5.21. The number of Topliss-reactive ketones (excluding diaryl/α,β-unsaturated/α-hetero) is 2. The van der Waals surface area contributed by atoms with E-state index in [1.807, 2.05) is 27.7 Å². The van der Waals surface area contributed by atoms with E-state index in [4.69, 9.17) is 0 Å². The first-order valence-corrected chi connectivity index (χ1v) is 6.66. The summed E-state index contributed by atoms with van der Waals surface area (Å²) in [7, 11) is 0. The average Bonchev–Trinajstić information content (AvgIpc) is 2.30. The van der Waals surface area contributed by atoms with E-state index in [1.165, 1.54) is 0 Å². The average molecular weight is 255 g/mol. The van der Waals surface area contributed by atoms with Gasteiger partial charge < -0.3 is 5.32 Å². The van der Waals surface area contributed by atoms with Crippen molar-refractivity contribution in [2.24, 2.45) is 11.8 Å². The van der Waals surface area contributed by atoms with Crippen LogP contribution >= 0.6 is 0 Å². The van der Waals surface area contributed by atoms with E-state index in [-0.39, 0.29) is 29.3 Å². The number of amides is 1. The third-order valence-corrected chi connectivity index (χ3v) is 2.75. The van der Waals surface area contributed by atoms with Crippen molar-refractivity contribution in [1.29, 1.82) is 0 Å². The molecular weight excluding hydrogens is 230 g/mol. The Kier molecular flexibility index (Phi) is 8.25. The minimum Gasteiger partial charge on any atom is -0.356 e. The molecule has 0 spiro atoms. The highest BCUT2D eigenvalue weighted by Gasteiger charge is 2.10. The Hall–Kier alpha value is -1.19. The predicted molar refractivity (Wildman–Crippen MR) is 71.2 cm³/mol. The number of hydrogen-bond donors (Lipinski definition) is 1. The molecule has 0 saturated heterocycles. The quantitative estimate of drug-likeness (QED) is 0.642. The van der Waals surface area contributed by atoms with Crippen LogP contribution in [-0.4, -0.2) is 24.0 Å². The standard InChI is InChI=1S/C14H25NO3/c1-10(2)13(17)8-7-12(16)6-5-9-15-14(18)11(3)4/h10-11H,5-9H2,1-4H3,(H,15,18). The van der Waals surface area contributed by atoms with E-state index in [9.17, 15) is 14.4 Å². The van der Waals surface area contributed by atoms with E-state index >= 15 is 0 Å². The molecule has 0 aliphatic carbocycles. The van der Waals surface area contributed by atoms with Crippen molar-refractivity contribution in [3.8, 4) is 0 Å². The first kappa shape index (κ1) is 16.8. The molecule has 0 aromatic heterocycles. The molecule has 18 heavy (non-hydrogen) atoms. The van der Waals surface area contributed by atoms with Gasteiger partial charge in [0, 0.05) is 37.6 Å². The zero-order valence-electron chi connectivity index (χ0n) is 11.9. The summed E-state index contributed by atoms with van der Waals surface area (Å²) in [6.07, 6.45) is 1.75. The molecule has 1 N–H and O–H groups in total. The Morgan fingerprint density at radius 2 is 1.50 bits per heavy atom. The zero-order chi connectivity index (χ0) is 14.1. The number of hydrogen-bond acceptors (Lipinski definition) is 3. The van der Waals surface area contributed by atoms with Crippen LogP contribution in [0.25, 0.3) is 0 Å². The van der Waals surface area contributed by atoms with Crippen molar-refractivity contribution >= 4 is 17.5 Å². The smallest absolute Gasteiger partial charge is 0.222 e. The fraction of sp³-hybridized carbons (Fsp3) is 0.786. The van der Waals surface area contributed by atoms with Crippen LogP contribution in [0.5, 0.6) is 0 Å². The molecule has 0 saturated carbocycles. The van der Waals surface area contributed by atoms with E-state index in [1.54, 1.807) is 0 Å². The summed E-state index contributed by atoms with van der Waals surface area (Å²) in [6, 6.07) is 0. The molecule has 0 rings (SSSR count). The van der Waals surface area contributed by atoms with Crippen LogP contribution in [0.1, 0.15) is 53.4 Å². The van der Waals surface area contributed by atoms with Crippen LogP contribution in [0.4, 0.5) is 0 Å². The summed E-state index contributed by atoms with van der Waals surface area (Å²) in [6.45, 7) is 7.87. The topological polar surface area (TPSA) is 63.2 Å². The fourth-order valence-electron chi connectivity index (χ4n) is 1.38. The molecule has 0 aliphatic heterocycles. The molecule has 0 heterocycles. The van der Waals surface area contributed by atoms with Crippen LogP contribution in [0.2, 0.25) is 0 Å². The molecule has 4 heteroatoms. The fourth-order valence-corrected chi connectivity index (χ4v) is 1.38. The third-order valence-electron chi connectivity index (χ3n) is 2.75. The van der Waals surface area contributed by atoms with Gasteiger partial charge in [-0.25, -0.2) is 0 Å². The summed E-state index contributed by atoms with van der Waals surface area (Å²) in [5, 5.41) is 2.76. The maximum atomic E-state index is 11.5. The van der Waals surface area contributed by atoms with E-state index in [2.05, 4.69) is 5.32 Å². The Morgan fingerprint density at radius 3 is 2.00 bits per heavy atom. The summed E-state index contributed by atoms with van der Waals surface area (Å²) in [4.78, 5) is 34.1. The lowest BCUT2D eigenvalue weighted by atomic mass is 10.0. The molecule has 4 nitrogen and oxygen atoms in total. The predicted octanol–water partition coefficient (Wildman–Crippen LogP) is 2.11. The molecule has 0 aromatic carbocycles. The monoisotopic (exact) mass is 255 g/mol. The van der Waals surface area contributed by atoms with Gasteiger partial charge in [0.25, 0.3) is 0 Å². The number of nitrogens with one attached hydrogen (secondary N) is 1. The van der Waals surface area contributed by atoms with Gasteiger partial charge in [0.1, 0.15) is 11.6 Å². The zero-order valence-corrected chi connectivity index (χ0v) is 11.9. The molecule has 0 atom stereocenters. The lowest BCUT2D eigenvalue weighted by Crippen LogP contribution is -2.28. The molecule has 0 aromatic rings. The van der Waals surface area contributed by atoms with Gasteiger partial charge in [-0.1, -0.05) is 27.7 Å². The van der Waals surface area contributed by atoms with Gasteiger partial charge in [-0.2, -0.15) is 0 Å². The SMILES string of the molecule is CC(C)C(=O)CCC(=O)CCCNC(=O)C(C)C. The van der Waals surface area contributed by atoms with Gasteiger partial charge in [0.2, 0.25) is 5.91 Å². The normalized spacial score (nSPS) is 10.8. The van der Waals surface area contributed by atoms with Gasteiger partial charge >= 0.3 is 0 Å². The van der Waals surface area contributed by atoms with Crippen molar-refractivity contribution in [3.63, 3.8) is 0 Å². The van der Waals surface area contributed by atoms with E-state index in [0.29, 0.717) is 32.2 Å². The summed E-state index contributed by atoms with van der Waals surface area (Å²) in [5.41, 5.74) is 0. The molecule has 1 amide bonds. The Bertz CT molecular complexity index is 295. The van der Waals surface area contributed by atoms with Crippen LogP contribution in [-0.2, 0) is 14.4 Å². The molecule has 0 radical (unpaired) electrons. The molecule has 0 fully saturated rings. The van der Waals surface area contributed by atoms with Crippen molar-refractivity contribution in [1.82, 2.24) is 5.32 Å². The molecule has 104 valence electrons. The van der Waals surface area contributed by atoms with Gasteiger partial charge in [0.05, 0.1) is 0 Å². The minimum absolute atomic E-state index is 0.00290. The molecule has 0 unspecified atom stereocenters. The maximum Gasteiger partial charge on any atom is 0.222 e. The number of ketones is 2. The Balaban J connectivity index is 3.60. The van der Waals surface area contributed by atoms with Gasteiger partial charge in [-0.15, -0.1) is 0 Å². The van der Waals surface area contributed by atoms with Crippen molar-refractivity contribution in [3.05, 3.63) is 0 Å². The van der Waals surface area contributed by atoms with Gasteiger partial charge in [-0.3, -0.25) is 14.4 Å². The maximum absolute atomic E-state index is 11.5. The second kappa shape index (κ2) is 8.84. The van der Waals surface area contributed by atoms with E-state index < -0.39 is 0 Å². The van der Waals surface area contributed by atoms with Gasteiger partial charge in [0.15, 0.2) is 0 Å². The van der Waals surface area contributed by atoms with Crippen LogP contribution in [0.3, 0.4) is 0 Å². The highest BCUT2D eigenvalue weighted by atomic mass is 16.2. The lowest BCUT2D eigenvalue weighted by molar-refractivity contribution is -0.126. The summed E-state index contributed by atoms with van der Waals surface area (Å²) < 4.78 is 0. The van der Waals surface area contributed by atoms with Crippen molar-refractivity contribution < 1.29 is 14.4 Å². The van der Waals surface area contributed by atoms with Gasteiger partial charge in [-0.05, 0) is 6.42 Å². The van der Waals surface area contributed by atoms with E-state index in [0.717, 1.165) is 0 Å². The largest absolute Gasteiger partial charge is 0.356 e. The van der Waals surface area contributed by atoms with Crippen molar-refractivity contribution in [2.75, 3.05) is 6.54 Å². The highest BCUT2D eigenvalue weighted by Crippen LogP contribution is 2.04. The minimum atomic E-state index is -0.0237. The third kappa shape index (κ3) is 7.98. The Labute approximate surface area is 110 Å². The molecule has 0 bridgehead atoms. The lowest BCUT2D eigenvalue weighted by Gasteiger charge is -2.07. The van der Waals surface area contributed by atoms with Crippen molar-refractivity contribution in [2.45, 2.75) is 53.4 Å². The van der Waals surface area contributed by atoms with Crippen LogP contribution in [0.15, 0.2) is 0 Å². The summed E-state index contributed by atoms with van der Waals surface area (Å²) in [5.74, 6) is 0.226. The number of rotatable bonds is 9. The first-order valence-electron chi connectivity index (χ1n) is 6.66. The van der Waals surface area contributed by atoms with Crippen LogP contribution in [0, 0.1) is 11.8 Å². The number of carbonyl (C=O) groups is 3. The molecular formula is C14H25NO3. The number of carbonyl (C=O) groups excluding carboxylic acids is 3. The van der Waals surface area contributed by atoms with Crippen LogP contribution < -0.4 is 5.32 Å².